The number of aliphatic hydroxyl groups is 1. The Morgan fingerprint density at radius 1 is 1.25 bits per heavy atom. The summed E-state index contributed by atoms with van der Waals surface area (Å²) < 4.78 is 12.8. The highest BCUT2D eigenvalue weighted by Crippen LogP contribution is 2.47. The minimum Gasteiger partial charge on any atom is -0.497 e. The van der Waals surface area contributed by atoms with Crippen molar-refractivity contribution in [1.29, 1.82) is 0 Å². The fraction of sp³-hybridized carbons (Fsp3) is 0.654. The van der Waals surface area contributed by atoms with Gasteiger partial charge in [-0.25, -0.2) is 0 Å². The number of aliphatic hydroxyl groups excluding tert-OH is 1. The van der Waals surface area contributed by atoms with Crippen molar-refractivity contribution in [2.24, 2.45) is 11.8 Å². The number of fused-ring (bicyclic) bond motifs is 4. The van der Waals surface area contributed by atoms with Crippen LogP contribution in [0.1, 0.15) is 51.7 Å². The molecule has 0 spiro atoms. The summed E-state index contributed by atoms with van der Waals surface area (Å²) in [7, 11) is -0.306. The first-order valence-electron chi connectivity index (χ1n) is 12.1. The molecule has 0 aliphatic carbocycles. The molecule has 0 radical (unpaired) electrons. The molecule has 2 aromatic rings. The van der Waals surface area contributed by atoms with Crippen LogP contribution in [-0.4, -0.2) is 56.2 Å². The van der Waals surface area contributed by atoms with Gasteiger partial charge in [-0.1, -0.05) is 20.8 Å². The van der Waals surface area contributed by atoms with E-state index in [0.29, 0.717) is 24.5 Å². The van der Waals surface area contributed by atoms with Gasteiger partial charge in [0.05, 0.1) is 18.7 Å². The molecule has 5 rings (SSSR count). The predicted molar refractivity (Wildman–Crippen MR) is 133 cm³/mol. The molecule has 3 saturated heterocycles. The highest BCUT2D eigenvalue weighted by molar-refractivity contribution is 6.74. The molecule has 5 atom stereocenters. The minimum absolute atomic E-state index is 0.00590. The van der Waals surface area contributed by atoms with E-state index in [1.54, 1.807) is 7.11 Å². The molecule has 1 aromatic heterocycles. The number of methoxy groups -OCH3 is 1. The second-order valence-corrected chi connectivity index (χ2v) is 16.0. The van der Waals surface area contributed by atoms with Crippen LogP contribution in [0.2, 0.25) is 18.1 Å². The van der Waals surface area contributed by atoms with Gasteiger partial charge in [0.1, 0.15) is 5.75 Å². The van der Waals surface area contributed by atoms with Crippen LogP contribution in [0.25, 0.3) is 10.9 Å². The summed E-state index contributed by atoms with van der Waals surface area (Å²) in [6.07, 6.45) is 5.22. The second-order valence-electron chi connectivity index (χ2n) is 11.2. The van der Waals surface area contributed by atoms with Gasteiger partial charge in [0.25, 0.3) is 0 Å². The highest BCUT2D eigenvalue weighted by atomic mass is 28.4. The minimum atomic E-state index is -2.02. The lowest BCUT2D eigenvalue weighted by Crippen LogP contribution is -2.57. The average molecular weight is 457 g/mol. The quantitative estimate of drug-likeness (QED) is 0.566. The third-order valence-electron chi connectivity index (χ3n) is 8.30. The van der Waals surface area contributed by atoms with Crippen LogP contribution >= 0.6 is 0 Å². The summed E-state index contributed by atoms with van der Waals surface area (Å²) in [6.45, 7) is 14.1. The Morgan fingerprint density at radius 2 is 2.03 bits per heavy atom. The van der Waals surface area contributed by atoms with E-state index in [-0.39, 0.29) is 11.1 Å². The first kappa shape index (κ1) is 23.7. The first-order valence-corrected chi connectivity index (χ1v) is 15.0. The summed E-state index contributed by atoms with van der Waals surface area (Å²) in [5.74, 6) is 2.13. The summed E-state index contributed by atoms with van der Waals surface area (Å²) in [5, 5.41) is 10.8. The number of rotatable bonds is 7. The lowest BCUT2D eigenvalue weighted by molar-refractivity contribution is -0.0559. The molecule has 32 heavy (non-hydrogen) atoms. The lowest BCUT2D eigenvalue weighted by Gasteiger charge is -2.53. The van der Waals surface area contributed by atoms with E-state index >= 15 is 0 Å². The third kappa shape index (κ3) is 4.47. The van der Waals surface area contributed by atoms with Crippen molar-refractivity contribution in [1.82, 2.24) is 9.88 Å². The van der Waals surface area contributed by atoms with Gasteiger partial charge in [0.2, 0.25) is 0 Å². The van der Waals surface area contributed by atoms with E-state index in [1.807, 2.05) is 18.3 Å². The van der Waals surface area contributed by atoms with Crippen molar-refractivity contribution >= 4 is 19.2 Å². The van der Waals surface area contributed by atoms with E-state index in [9.17, 15) is 5.11 Å². The highest BCUT2D eigenvalue weighted by Gasteiger charge is 2.47. The maximum absolute atomic E-state index is 9.55. The predicted octanol–water partition coefficient (Wildman–Crippen LogP) is 5.40. The van der Waals surface area contributed by atoms with Gasteiger partial charge in [0, 0.05) is 30.8 Å². The topological polar surface area (TPSA) is 54.8 Å². The number of aromatic nitrogens is 1. The van der Waals surface area contributed by atoms with E-state index in [0.717, 1.165) is 42.6 Å². The van der Waals surface area contributed by atoms with Gasteiger partial charge < -0.3 is 14.3 Å². The molecule has 0 amide bonds. The number of nitrogens with zero attached hydrogens (tertiary/aromatic N) is 2. The Bertz CT molecular complexity index is 942. The van der Waals surface area contributed by atoms with Crippen LogP contribution in [0.4, 0.5) is 0 Å². The summed E-state index contributed by atoms with van der Waals surface area (Å²) in [6, 6.07) is 8.66. The fourth-order valence-corrected chi connectivity index (χ4v) is 6.63. The van der Waals surface area contributed by atoms with Gasteiger partial charge in [-0.3, -0.25) is 9.88 Å². The molecule has 4 heterocycles. The number of hydrogen-bond acceptors (Lipinski definition) is 5. The molecule has 3 aliphatic heterocycles. The molecule has 1 unspecified atom stereocenters. The van der Waals surface area contributed by atoms with Crippen LogP contribution in [0, 0.1) is 11.8 Å². The molecule has 1 N–H and O–H groups in total. The Labute approximate surface area is 194 Å². The number of ether oxygens (including phenoxy) is 1. The Balaban J connectivity index is 1.77. The zero-order valence-corrected chi connectivity index (χ0v) is 21.6. The van der Waals surface area contributed by atoms with Gasteiger partial charge in [-0.15, -0.1) is 0 Å². The summed E-state index contributed by atoms with van der Waals surface area (Å²) in [4.78, 5) is 7.28. The molecule has 176 valence electrons. The second kappa shape index (κ2) is 9.05. The van der Waals surface area contributed by atoms with Gasteiger partial charge >= 0.3 is 0 Å². The molecular weight excluding hydrogens is 416 g/mol. The van der Waals surface area contributed by atoms with Crippen molar-refractivity contribution in [3.05, 3.63) is 36.0 Å². The van der Waals surface area contributed by atoms with Crippen molar-refractivity contribution in [2.45, 2.75) is 70.3 Å². The summed E-state index contributed by atoms with van der Waals surface area (Å²) >= 11 is 0. The maximum Gasteiger partial charge on any atom is 0.192 e. The van der Waals surface area contributed by atoms with Crippen LogP contribution in [0.3, 0.4) is 0 Å². The molecular formula is C26H40N2O3Si. The third-order valence-corrected chi connectivity index (χ3v) is 12.8. The van der Waals surface area contributed by atoms with Gasteiger partial charge in [-0.05, 0) is 85.6 Å². The molecule has 0 saturated carbocycles. The van der Waals surface area contributed by atoms with Crippen molar-refractivity contribution in [3.63, 3.8) is 0 Å². The van der Waals surface area contributed by atoms with E-state index in [1.165, 1.54) is 12.0 Å². The Hall–Kier alpha value is -1.47. The Morgan fingerprint density at radius 3 is 2.66 bits per heavy atom. The number of hydrogen-bond donors (Lipinski definition) is 1. The van der Waals surface area contributed by atoms with Crippen LogP contribution < -0.4 is 4.74 Å². The number of benzene rings is 1. The standard InChI is InChI=1S/C26H40N2O3Si/c1-26(2,3)32(5,6)31-25(24-15-18-10-13-28(24)17-19(18)11-14-29)21-9-12-27-23-8-7-20(30-4)16-22(21)23/h7-9,12,16,18-19,24-25,29H,10-11,13-15,17H2,1-6H3/t18-,19-,24+,25-/m0/s1. The van der Waals surface area contributed by atoms with E-state index in [2.05, 4.69) is 55.9 Å². The van der Waals surface area contributed by atoms with E-state index < -0.39 is 8.32 Å². The van der Waals surface area contributed by atoms with Crippen molar-refractivity contribution in [3.8, 4) is 5.75 Å². The first-order chi connectivity index (χ1) is 15.1. The molecule has 3 fully saturated rings. The number of pyridine rings is 1. The molecule has 6 heteroatoms. The largest absolute Gasteiger partial charge is 0.497 e. The van der Waals surface area contributed by atoms with Crippen LogP contribution in [0.15, 0.2) is 30.5 Å². The maximum atomic E-state index is 9.55. The van der Waals surface area contributed by atoms with Gasteiger partial charge in [0.15, 0.2) is 8.32 Å². The fourth-order valence-electron chi connectivity index (χ4n) is 5.35. The molecule has 5 nitrogen and oxygen atoms in total. The molecule has 1 aromatic carbocycles. The normalized spacial score (nSPS) is 27.0. The van der Waals surface area contributed by atoms with Gasteiger partial charge in [-0.2, -0.15) is 0 Å². The zero-order chi connectivity index (χ0) is 23.1. The monoisotopic (exact) mass is 456 g/mol. The van der Waals surface area contributed by atoms with Crippen LogP contribution in [-0.2, 0) is 4.43 Å². The number of piperidine rings is 3. The van der Waals surface area contributed by atoms with Crippen LogP contribution in [0.5, 0.6) is 5.75 Å². The zero-order valence-electron chi connectivity index (χ0n) is 20.6. The molecule has 3 aliphatic rings. The SMILES string of the molecule is COc1ccc2nccc([C@H](O[Si](C)(C)C(C)(C)C)[C@H]3C[C@@H]4CCN3C[C@@H]4CCO)c2c1. The summed E-state index contributed by atoms with van der Waals surface area (Å²) in [5.41, 5.74) is 2.22. The lowest BCUT2D eigenvalue weighted by atomic mass is 9.72. The smallest absolute Gasteiger partial charge is 0.192 e. The average Bonchev–Trinajstić information content (AvgIpc) is 2.77. The van der Waals surface area contributed by atoms with Crippen molar-refractivity contribution in [2.75, 3.05) is 26.8 Å². The molecule has 2 bridgehead atoms. The van der Waals surface area contributed by atoms with E-state index in [4.69, 9.17) is 9.16 Å². The Kier molecular flexibility index (Phi) is 6.70. The van der Waals surface area contributed by atoms with Crippen molar-refractivity contribution < 1.29 is 14.3 Å².